The third kappa shape index (κ3) is 4.92. The number of hydrogen-bond acceptors (Lipinski definition) is 7. The second-order valence-electron chi connectivity index (χ2n) is 12.5. The molecule has 3 amide bonds. The zero-order valence-electron chi connectivity index (χ0n) is 24.2. The molecule has 2 aliphatic carbocycles. The topological polar surface area (TPSA) is 138 Å². The summed E-state index contributed by atoms with van der Waals surface area (Å²) >= 11 is 0. The van der Waals surface area contributed by atoms with Crippen molar-refractivity contribution in [1.29, 1.82) is 5.26 Å². The highest BCUT2D eigenvalue weighted by Crippen LogP contribution is 2.53. The van der Waals surface area contributed by atoms with E-state index in [2.05, 4.69) is 16.5 Å². The number of nitrogens with one attached hydrogen (secondary N) is 1. The lowest BCUT2D eigenvalue weighted by molar-refractivity contribution is -0.142. The number of halogens is 3. The van der Waals surface area contributed by atoms with Crippen LogP contribution in [-0.4, -0.2) is 86.2 Å². The zero-order valence-corrected chi connectivity index (χ0v) is 24.2. The first-order valence-electron chi connectivity index (χ1n) is 15.2. The van der Waals surface area contributed by atoms with Gasteiger partial charge in [-0.15, -0.1) is 0 Å². The van der Waals surface area contributed by atoms with Crippen LogP contribution in [0.2, 0.25) is 0 Å². The standard InChI is InChI=1S/C29H33F3N8O4/c1-2-38-26-22(21(15-3-4-15)23(27(38)42)35-25(41)17-12-34-37(13-17)14-29(30,31)32)24(36-40(26)18-5-7-44-8-6-18)28(43)39-19(11-33)9-16-10-20(16)39/h12-13,15-16,18-21,23H,2-10,14H2,1H3,(H,35,41)/t16-,19-,20+,21-,23-/m0/s1. The Labute approximate surface area is 251 Å². The predicted octanol–water partition coefficient (Wildman–Crippen LogP) is 2.78. The van der Waals surface area contributed by atoms with Crippen LogP contribution in [-0.2, 0) is 16.1 Å². The molecule has 0 bridgehead atoms. The molecule has 15 heteroatoms. The number of likely N-dealkylation sites (tertiary alicyclic amines) is 1. The normalized spacial score (nSPS) is 28.4. The Hall–Kier alpha value is -3.93. The summed E-state index contributed by atoms with van der Waals surface area (Å²) in [5, 5.41) is 21.2. The van der Waals surface area contributed by atoms with Gasteiger partial charge in [0.25, 0.3) is 17.7 Å². The van der Waals surface area contributed by atoms with Gasteiger partial charge < -0.3 is 15.0 Å². The number of aromatic nitrogens is 4. The maximum atomic E-state index is 14.3. The molecule has 5 heterocycles. The average Bonchev–Trinajstić information content (AvgIpc) is 3.85. The first-order valence-corrected chi connectivity index (χ1v) is 15.2. The monoisotopic (exact) mass is 614 g/mol. The molecule has 1 N–H and O–H groups in total. The summed E-state index contributed by atoms with van der Waals surface area (Å²) in [5.74, 6) is -1.15. The van der Waals surface area contributed by atoms with E-state index in [1.54, 1.807) is 14.5 Å². The number of nitriles is 1. The van der Waals surface area contributed by atoms with Gasteiger partial charge in [0.15, 0.2) is 5.69 Å². The van der Waals surface area contributed by atoms with E-state index >= 15 is 0 Å². The summed E-state index contributed by atoms with van der Waals surface area (Å²) in [7, 11) is 0. The molecular formula is C29H33F3N8O4. The number of carbonyl (C=O) groups excluding carboxylic acids is 3. The number of carbonyl (C=O) groups is 3. The summed E-state index contributed by atoms with van der Waals surface area (Å²) < 4.78 is 46.7. The van der Waals surface area contributed by atoms with Crippen molar-refractivity contribution in [3.05, 3.63) is 29.2 Å². The van der Waals surface area contributed by atoms with Crippen molar-refractivity contribution in [3.63, 3.8) is 0 Å². The summed E-state index contributed by atoms with van der Waals surface area (Å²) in [5.41, 5.74) is 0.706. The number of rotatable bonds is 7. The van der Waals surface area contributed by atoms with Gasteiger partial charge in [0, 0.05) is 43.5 Å². The number of piperidine rings is 1. The highest BCUT2D eigenvalue weighted by Gasteiger charge is 2.57. The van der Waals surface area contributed by atoms with E-state index < -0.39 is 36.6 Å². The molecule has 234 valence electrons. The summed E-state index contributed by atoms with van der Waals surface area (Å²) in [6.45, 7) is 1.74. The van der Waals surface area contributed by atoms with Gasteiger partial charge in [0.1, 0.15) is 24.4 Å². The van der Waals surface area contributed by atoms with Gasteiger partial charge in [-0.1, -0.05) is 0 Å². The van der Waals surface area contributed by atoms with E-state index in [1.165, 1.54) is 0 Å². The van der Waals surface area contributed by atoms with Crippen LogP contribution in [0.5, 0.6) is 0 Å². The molecule has 3 aliphatic heterocycles. The van der Waals surface area contributed by atoms with Crippen LogP contribution in [0.15, 0.2) is 12.4 Å². The van der Waals surface area contributed by atoms with Gasteiger partial charge in [0.05, 0.1) is 23.9 Å². The molecular weight excluding hydrogens is 581 g/mol. The van der Waals surface area contributed by atoms with Gasteiger partial charge in [-0.25, -0.2) is 4.68 Å². The maximum Gasteiger partial charge on any atom is 0.408 e. The predicted molar refractivity (Wildman–Crippen MR) is 146 cm³/mol. The van der Waals surface area contributed by atoms with Crippen LogP contribution in [0.4, 0.5) is 19.0 Å². The van der Waals surface area contributed by atoms with E-state index in [-0.39, 0.29) is 47.6 Å². The first-order chi connectivity index (χ1) is 21.1. The van der Waals surface area contributed by atoms with Crippen molar-refractivity contribution in [2.24, 2.45) is 11.8 Å². The van der Waals surface area contributed by atoms with Crippen molar-refractivity contribution < 1.29 is 32.3 Å². The minimum Gasteiger partial charge on any atom is -0.381 e. The smallest absolute Gasteiger partial charge is 0.381 e. The zero-order chi connectivity index (χ0) is 30.9. The highest BCUT2D eigenvalue weighted by molar-refractivity contribution is 6.07. The van der Waals surface area contributed by atoms with Gasteiger partial charge >= 0.3 is 6.18 Å². The van der Waals surface area contributed by atoms with E-state index in [1.807, 2.05) is 6.92 Å². The Bertz CT molecular complexity index is 1540. The number of nitrogens with zero attached hydrogens (tertiary/aromatic N) is 7. The SMILES string of the molecule is CCN1C(=O)[C@@H](NC(=O)c2cnn(CC(F)(F)F)c2)[C@@H](C2CC2)c2c(C(=O)N3[C@H](C#N)C[C@H]4C[C@H]43)nn(C3CCOCC3)c21. The molecule has 0 unspecified atom stereocenters. The second kappa shape index (κ2) is 10.6. The number of anilines is 1. The number of likely N-dealkylation sites (N-methyl/N-ethyl adjacent to an activating group) is 1. The third-order valence-electron chi connectivity index (χ3n) is 9.60. The molecule has 2 aromatic heterocycles. The quantitative estimate of drug-likeness (QED) is 0.506. The average molecular weight is 615 g/mol. The van der Waals surface area contributed by atoms with Gasteiger partial charge in [-0.3, -0.25) is 24.0 Å². The molecule has 0 aromatic carbocycles. The molecule has 5 atom stereocenters. The highest BCUT2D eigenvalue weighted by atomic mass is 19.4. The number of hydrogen-bond donors (Lipinski definition) is 1. The van der Waals surface area contributed by atoms with Crippen molar-refractivity contribution in [2.45, 2.75) is 88.3 Å². The lowest BCUT2D eigenvalue weighted by atomic mass is 9.82. The summed E-state index contributed by atoms with van der Waals surface area (Å²) in [6, 6.07) is 0.545. The largest absolute Gasteiger partial charge is 0.408 e. The maximum absolute atomic E-state index is 14.3. The van der Waals surface area contributed by atoms with E-state index in [0.29, 0.717) is 54.5 Å². The lowest BCUT2D eigenvalue weighted by Crippen LogP contribution is -2.56. The molecule has 2 saturated carbocycles. The van der Waals surface area contributed by atoms with Gasteiger partial charge in [-0.2, -0.15) is 28.6 Å². The van der Waals surface area contributed by atoms with Gasteiger partial charge in [0.2, 0.25) is 0 Å². The minimum absolute atomic E-state index is 0.00661. The molecule has 12 nitrogen and oxygen atoms in total. The fraction of sp³-hybridized carbons (Fsp3) is 0.655. The van der Waals surface area contributed by atoms with E-state index in [4.69, 9.17) is 9.84 Å². The van der Waals surface area contributed by atoms with Crippen LogP contribution in [0, 0.1) is 23.2 Å². The number of ether oxygens (including phenoxy) is 1. The molecule has 7 rings (SSSR count). The van der Waals surface area contributed by atoms with Crippen LogP contribution in [0.3, 0.4) is 0 Å². The van der Waals surface area contributed by atoms with Crippen LogP contribution >= 0.6 is 0 Å². The molecule has 44 heavy (non-hydrogen) atoms. The fourth-order valence-corrected chi connectivity index (χ4v) is 7.33. The van der Waals surface area contributed by atoms with Crippen molar-refractivity contribution in [1.82, 2.24) is 29.8 Å². The molecule has 0 radical (unpaired) electrons. The Morgan fingerprint density at radius 3 is 2.57 bits per heavy atom. The molecule has 2 aromatic rings. The van der Waals surface area contributed by atoms with Crippen molar-refractivity contribution >= 4 is 23.5 Å². The Morgan fingerprint density at radius 1 is 1.16 bits per heavy atom. The molecule has 5 aliphatic rings. The Morgan fingerprint density at radius 2 is 1.91 bits per heavy atom. The van der Waals surface area contributed by atoms with Crippen LogP contribution in [0.25, 0.3) is 0 Å². The van der Waals surface area contributed by atoms with Crippen LogP contribution in [0.1, 0.15) is 83.8 Å². The second-order valence-corrected chi connectivity index (χ2v) is 12.5. The first kappa shape index (κ1) is 28.8. The minimum atomic E-state index is -4.51. The summed E-state index contributed by atoms with van der Waals surface area (Å²) in [4.78, 5) is 45.1. The molecule has 4 fully saturated rings. The number of amides is 3. The Balaban J connectivity index is 1.30. The van der Waals surface area contributed by atoms with Gasteiger partial charge in [-0.05, 0) is 57.3 Å². The fourth-order valence-electron chi connectivity index (χ4n) is 7.33. The Kier molecular flexibility index (Phi) is 6.95. The number of fused-ring (bicyclic) bond motifs is 2. The number of alkyl halides is 3. The molecule has 0 spiro atoms. The van der Waals surface area contributed by atoms with E-state index in [9.17, 15) is 32.8 Å². The van der Waals surface area contributed by atoms with Crippen molar-refractivity contribution in [2.75, 3.05) is 24.7 Å². The summed E-state index contributed by atoms with van der Waals surface area (Å²) in [6.07, 6.45) is 1.88. The lowest BCUT2D eigenvalue weighted by Gasteiger charge is -2.39. The van der Waals surface area contributed by atoms with Crippen LogP contribution < -0.4 is 10.2 Å². The molecule has 2 saturated heterocycles. The van der Waals surface area contributed by atoms with Crippen molar-refractivity contribution in [3.8, 4) is 6.07 Å². The van der Waals surface area contributed by atoms with E-state index in [0.717, 1.165) is 31.7 Å². The third-order valence-corrected chi connectivity index (χ3v) is 9.60.